The maximum absolute atomic E-state index is 11.3. The molecule has 1 saturated heterocycles. The molecule has 1 aromatic carbocycles. The van der Waals surface area contributed by atoms with Gasteiger partial charge in [-0.1, -0.05) is 6.07 Å². The quantitative estimate of drug-likeness (QED) is 0.672. The molecule has 0 saturated carbocycles. The van der Waals surface area contributed by atoms with E-state index in [0.717, 1.165) is 68.1 Å². The Hall–Kier alpha value is -2.84. The largest absolute Gasteiger partial charge is 0.490 e. The van der Waals surface area contributed by atoms with Crippen LogP contribution in [0.1, 0.15) is 24.4 Å². The molecule has 1 fully saturated rings. The van der Waals surface area contributed by atoms with Crippen molar-refractivity contribution in [1.82, 2.24) is 19.0 Å². The first-order chi connectivity index (χ1) is 14.7. The van der Waals surface area contributed by atoms with Gasteiger partial charge < -0.3 is 24.3 Å². The van der Waals surface area contributed by atoms with Crippen molar-refractivity contribution in [1.29, 1.82) is 0 Å². The molecular weight excluding hydrogens is 382 g/mol. The minimum atomic E-state index is -0.349. The first kappa shape index (κ1) is 19.1. The number of hydrogen-bond acceptors (Lipinski definition) is 5. The van der Waals surface area contributed by atoms with E-state index < -0.39 is 0 Å². The second-order valence-corrected chi connectivity index (χ2v) is 8.06. The van der Waals surface area contributed by atoms with E-state index in [1.165, 1.54) is 5.69 Å². The van der Waals surface area contributed by atoms with Crippen LogP contribution in [0.15, 0.2) is 36.7 Å². The summed E-state index contributed by atoms with van der Waals surface area (Å²) in [6.45, 7) is 5.37. The maximum atomic E-state index is 11.3. The second kappa shape index (κ2) is 8.12. The normalized spacial score (nSPS) is 17.9. The van der Waals surface area contributed by atoms with E-state index in [-0.39, 0.29) is 18.6 Å². The number of ether oxygens (including phenoxy) is 2. The maximum Gasteiger partial charge on any atom is 0.237 e. The predicted molar refractivity (Wildman–Crippen MR) is 112 cm³/mol. The summed E-state index contributed by atoms with van der Waals surface area (Å²) in [6.07, 6.45) is 6.05. The molecule has 4 heterocycles. The highest BCUT2D eigenvalue weighted by molar-refractivity contribution is 5.87. The van der Waals surface area contributed by atoms with Crippen molar-refractivity contribution in [3.05, 3.63) is 48.2 Å². The highest BCUT2D eigenvalue weighted by atomic mass is 16.5. The molecule has 8 heteroatoms. The number of likely N-dealkylation sites (tertiary alicyclic amines) is 1. The summed E-state index contributed by atoms with van der Waals surface area (Å²) in [5.41, 5.74) is 7.60. The summed E-state index contributed by atoms with van der Waals surface area (Å²) < 4.78 is 16.0. The number of hydrogen-bond donors (Lipinski definition) is 1. The number of nitrogens with zero attached hydrogens (tertiary/aromatic N) is 4. The van der Waals surface area contributed by atoms with E-state index in [2.05, 4.69) is 14.5 Å². The number of piperidine rings is 1. The van der Waals surface area contributed by atoms with Crippen LogP contribution in [0.25, 0.3) is 10.9 Å². The Bertz CT molecular complexity index is 1050. The van der Waals surface area contributed by atoms with Crippen molar-refractivity contribution in [2.75, 3.05) is 19.7 Å². The summed E-state index contributed by atoms with van der Waals surface area (Å²) in [5.74, 6) is 1.56. The lowest BCUT2D eigenvalue weighted by Crippen LogP contribution is -2.38. The fourth-order valence-electron chi connectivity index (χ4n) is 4.49. The molecule has 2 N–H and O–H groups in total. The highest BCUT2D eigenvalue weighted by Crippen LogP contribution is 2.29. The summed E-state index contributed by atoms with van der Waals surface area (Å²) in [6, 6.07) is 7.96. The van der Waals surface area contributed by atoms with E-state index in [9.17, 15) is 4.79 Å². The number of rotatable bonds is 6. The monoisotopic (exact) mass is 409 g/mol. The Kier molecular flexibility index (Phi) is 5.18. The zero-order chi connectivity index (χ0) is 20.5. The first-order valence-electron chi connectivity index (χ1n) is 10.5. The molecule has 0 spiro atoms. The fourth-order valence-corrected chi connectivity index (χ4v) is 4.49. The van der Waals surface area contributed by atoms with Crippen LogP contribution in [0.3, 0.4) is 0 Å². The fraction of sp³-hybridized carbons (Fsp3) is 0.455. The van der Waals surface area contributed by atoms with Gasteiger partial charge in [-0.05, 0) is 31.0 Å². The molecule has 1 amide bonds. The van der Waals surface area contributed by atoms with E-state index in [0.29, 0.717) is 6.61 Å². The molecular formula is C22H27N5O3. The lowest BCUT2D eigenvalue weighted by Gasteiger charge is -2.32. The van der Waals surface area contributed by atoms with Crippen LogP contribution in [0, 0.1) is 0 Å². The lowest BCUT2D eigenvalue weighted by atomic mass is 10.1. The third-order valence-corrected chi connectivity index (χ3v) is 6.02. The number of amides is 1. The molecule has 5 rings (SSSR count). The van der Waals surface area contributed by atoms with Gasteiger partial charge in [-0.25, -0.2) is 4.98 Å². The Morgan fingerprint density at radius 2 is 2.10 bits per heavy atom. The van der Waals surface area contributed by atoms with E-state index in [4.69, 9.17) is 15.2 Å². The van der Waals surface area contributed by atoms with Crippen molar-refractivity contribution < 1.29 is 14.3 Å². The predicted octanol–water partition coefficient (Wildman–Crippen LogP) is 1.90. The number of aromatic nitrogens is 3. The van der Waals surface area contributed by atoms with Gasteiger partial charge in [-0.3, -0.25) is 9.69 Å². The van der Waals surface area contributed by atoms with Crippen LogP contribution in [0.4, 0.5) is 0 Å². The van der Waals surface area contributed by atoms with Crippen molar-refractivity contribution in [2.24, 2.45) is 5.73 Å². The van der Waals surface area contributed by atoms with Gasteiger partial charge in [-0.15, -0.1) is 0 Å². The Morgan fingerprint density at radius 3 is 2.93 bits per heavy atom. The van der Waals surface area contributed by atoms with Crippen molar-refractivity contribution >= 4 is 16.8 Å². The minimum absolute atomic E-state index is 0.176. The van der Waals surface area contributed by atoms with Gasteiger partial charge in [0.15, 0.2) is 0 Å². The highest BCUT2D eigenvalue weighted by Gasteiger charge is 2.23. The average molecular weight is 409 g/mol. The summed E-state index contributed by atoms with van der Waals surface area (Å²) in [7, 11) is 0. The molecule has 158 valence electrons. The summed E-state index contributed by atoms with van der Waals surface area (Å²) >= 11 is 0. The number of fused-ring (bicyclic) bond motifs is 2. The van der Waals surface area contributed by atoms with Gasteiger partial charge >= 0.3 is 0 Å². The number of benzene rings is 1. The topological polar surface area (TPSA) is 87.5 Å². The molecule has 8 nitrogen and oxygen atoms in total. The minimum Gasteiger partial charge on any atom is -0.490 e. The SMILES string of the molecule is NC(=O)Cn1ccc2c(OC3CCN(Cc4cnc5n4CCOC5)CC3)cccc21. The number of imidazole rings is 1. The Labute approximate surface area is 175 Å². The second-order valence-electron chi connectivity index (χ2n) is 8.06. The third kappa shape index (κ3) is 3.80. The summed E-state index contributed by atoms with van der Waals surface area (Å²) in [4.78, 5) is 18.3. The average Bonchev–Trinajstić information content (AvgIpc) is 3.34. The standard InChI is InChI=1S/C22H27N5O3/c23-21(28)14-26-9-6-18-19(26)2-1-3-20(18)30-17-4-7-25(8-5-17)13-16-12-24-22-15-29-11-10-27(16)22/h1-3,6,9,12,17H,4-5,7-8,10-11,13-15H2,(H2,23,28). The van der Waals surface area contributed by atoms with Crippen LogP contribution in [0.2, 0.25) is 0 Å². The van der Waals surface area contributed by atoms with Crippen LogP contribution < -0.4 is 10.5 Å². The Morgan fingerprint density at radius 1 is 1.23 bits per heavy atom. The van der Waals surface area contributed by atoms with Gasteiger partial charge in [0.05, 0.1) is 17.8 Å². The van der Waals surface area contributed by atoms with Gasteiger partial charge in [0.25, 0.3) is 0 Å². The summed E-state index contributed by atoms with van der Waals surface area (Å²) in [5, 5.41) is 1.02. The van der Waals surface area contributed by atoms with Crippen LogP contribution >= 0.6 is 0 Å². The number of carbonyl (C=O) groups is 1. The van der Waals surface area contributed by atoms with Crippen molar-refractivity contribution in [2.45, 2.75) is 45.2 Å². The van der Waals surface area contributed by atoms with E-state index >= 15 is 0 Å². The molecule has 30 heavy (non-hydrogen) atoms. The van der Waals surface area contributed by atoms with Gasteiger partial charge in [0.1, 0.15) is 30.8 Å². The molecule has 0 unspecified atom stereocenters. The van der Waals surface area contributed by atoms with E-state index in [1.54, 1.807) is 0 Å². The molecule has 0 aliphatic carbocycles. The van der Waals surface area contributed by atoms with Gasteiger partial charge in [0, 0.05) is 44.0 Å². The molecule has 0 radical (unpaired) electrons. The first-order valence-corrected chi connectivity index (χ1v) is 10.5. The van der Waals surface area contributed by atoms with E-state index in [1.807, 2.05) is 41.2 Å². The van der Waals surface area contributed by atoms with Crippen molar-refractivity contribution in [3.8, 4) is 5.75 Å². The number of carbonyl (C=O) groups excluding carboxylic acids is 1. The zero-order valence-electron chi connectivity index (χ0n) is 17.0. The zero-order valence-corrected chi connectivity index (χ0v) is 17.0. The van der Waals surface area contributed by atoms with Gasteiger partial charge in [0.2, 0.25) is 5.91 Å². The third-order valence-electron chi connectivity index (χ3n) is 6.02. The molecule has 2 aromatic heterocycles. The molecule has 3 aromatic rings. The molecule has 0 atom stereocenters. The van der Waals surface area contributed by atoms with Gasteiger partial charge in [-0.2, -0.15) is 0 Å². The molecule has 0 bridgehead atoms. The van der Waals surface area contributed by atoms with Crippen molar-refractivity contribution in [3.63, 3.8) is 0 Å². The number of nitrogens with two attached hydrogens (primary N) is 1. The molecule has 2 aliphatic rings. The molecule has 2 aliphatic heterocycles. The van der Waals surface area contributed by atoms with Crippen LogP contribution in [0.5, 0.6) is 5.75 Å². The van der Waals surface area contributed by atoms with Crippen LogP contribution in [-0.4, -0.2) is 50.7 Å². The van der Waals surface area contributed by atoms with Crippen LogP contribution in [-0.2, 0) is 35.8 Å². The lowest BCUT2D eigenvalue weighted by molar-refractivity contribution is -0.118. The smallest absolute Gasteiger partial charge is 0.237 e. The number of primary amides is 1. The Balaban J connectivity index is 1.21.